The Hall–Kier alpha value is -1.58. The molecule has 1 atom stereocenters. The van der Waals surface area contributed by atoms with Crippen molar-refractivity contribution in [2.24, 2.45) is 0 Å². The Bertz CT molecular complexity index is 432. The molecule has 16 heavy (non-hydrogen) atoms. The summed E-state index contributed by atoms with van der Waals surface area (Å²) in [4.78, 5) is 8.40. The van der Waals surface area contributed by atoms with E-state index in [0.29, 0.717) is 5.92 Å². The van der Waals surface area contributed by atoms with Crippen molar-refractivity contribution in [3.05, 3.63) is 36.2 Å². The van der Waals surface area contributed by atoms with E-state index in [9.17, 15) is 0 Å². The molecule has 0 amide bonds. The minimum absolute atomic E-state index is 0.220. The molecule has 0 aliphatic carbocycles. The monoisotopic (exact) mass is 220 g/mol. The van der Waals surface area contributed by atoms with Crippen molar-refractivity contribution in [2.75, 3.05) is 0 Å². The Balaban J connectivity index is 2.12. The van der Waals surface area contributed by atoms with E-state index in [2.05, 4.69) is 30.7 Å². The van der Waals surface area contributed by atoms with Gasteiger partial charge in [-0.2, -0.15) is 0 Å². The van der Waals surface area contributed by atoms with Crippen LogP contribution >= 0.6 is 0 Å². The number of nitrogens with zero attached hydrogens (tertiary/aromatic N) is 2. The zero-order valence-electron chi connectivity index (χ0n) is 9.80. The van der Waals surface area contributed by atoms with E-state index in [1.807, 2.05) is 0 Å². The first-order valence-corrected chi connectivity index (χ1v) is 5.50. The summed E-state index contributed by atoms with van der Waals surface area (Å²) in [5.41, 5.74) is 1.00. The second-order valence-corrected chi connectivity index (χ2v) is 4.29. The molecule has 2 rings (SSSR count). The molecule has 0 saturated heterocycles. The van der Waals surface area contributed by atoms with Gasteiger partial charge in [0, 0.05) is 18.3 Å². The van der Waals surface area contributed by atoms with Gasteiger partial charge in [0.15, 0.2) is 12.3 Å². The van der Waals surface area contributed by atoms with Crippen LogP contribution in [0.3, 0.4) is 0 Å². The molecular formula is C12H16N2O2. The van der Waals surface area contributed by atoms with Crippen molar-refractivity contribution < 1.29 is 8.83 Å². The molecule has 0 N–H and O–H groups in total. The van der Waals surface area contributed by atoms with Crippen LogP contribution in [0.4, 0.5) is 0 Å². The molecule has 4 nitrogen and oxygen atoms in total. The fourth-order valence-corrected chi connectivity index (χ4v) is 1.76. The maximum absolute atomic E-state index is 5.38. The van der Waals surface area contributed by atoms with Crippen LogP contribution in [0.15, 0.2) is 27.7 Å². The van der Waals surface area contributed by atoms with Crippen LogP contribution in [0.5, 0.6) is 0 Å². The van der Waals surface area contributed by atoms with Gasteiger partial charge < -0.3 is 8.83 Å². The van der Waals surface area contributed by atoms with Gasteiger partial charge in [0.25, 0.3) is 0 Å². The summed E-state index contributed by atoms with van der Waals surface area (Å²) in [6.07, 6.45) is 5.56. The average Bonchev–Trinajstić information content (AvgIpc) is 2.86. The van der Waals surface area contributed by atoms with E-state index in [1.165, 1.54) is 6.39 Å². The highest BCUT2D eigenvalue weighted by Gasteiger charge is 2.17. The second kappa shape index (κ2) is 4.51. The number of hydrogen-bond donors (Lipinski definition) is 0. The Morgan fingerprint density at radius 2 is 2.00 bits per heavy atom. The molecule has 0 radical (unpaired) electrons. The van der Waals surface area contributed by atoms with E-state index in [1.54, 1.807) is 12.5 Å². The third kappa shape index (κ3) is 2.15. The fourth-order valence-electron chi connectivity index (χ4n) is 1.76. The maximum Gasteiger partial charge on any atom is 0.197 e. The van der Waals surface area contributed by atoms with E-state index in [0.717, 1.165) is 23.8 Å². The standard InChI is InChI=1S/C12H16N2O2/c1-8(2)11-10(14-7-16-11)6-9(3)12-13-4-5-15-12/h4-5,7-9H,6H2,1-3H3. The molecule has 2 aromatic heterocycles. The van der Waals surface area contributed by atoms with Gasteiger partial charge in [-0.05, 0) is 0 Å². The number of aromatic nitrogens is 2. The molecule has 0 bridgehead atoms. The van der Waals surface area contributed by atoms with Crippen molar-refractivity contribution in [1.29, 1.82) is 0 Å². The molecule has 1 unspecified atom stereocenters. The van der Waals surface area contributed by atoms with E-state index in [-0.39, 0.29) is 5.92 Å². The lowest BCUT2D eigenvalue weighted by Gasteiger charge is -2.07. The Morgan fingerprint density at radius 1 is 1.19 bits per heavy atom. The predicted molar refractivity (Wildman–Crippen MR) is 59.2 cm³/mol. The minimum atomic E-state index is 0.220. The number of rotatable bonds is 4. The first-order chi connectivity index (χ1) is 7.68. The molecule has 0 saturated carbocycles. The summed E-state index contributed by atoms with van der Waals surface area (Å²) in [5, 5.41) is 0. The summed E-state index contributed by atoms with van der Waals surface area (Å²) < 4.78 is 10.7. The third-order valence-electron chi connectivity index (χ3n) is 2.57. The van der Waals surface area contributed by atoms with Crippen molar-refractivity contribution in [1.82, 2.24) is 9.97 Å². The van der Waals surface area contributed by atoms with E-state index < -0.39 is 0 Å². The highest BCUT2D eigenvalue weighted by Crippen LogP contribution is 2.24. The van der Waals surface area contributed by atoms with Crippen LogP contribution in [0.25, 0.3) is 0 Å². The van der Waals surface area contributed by atoms with Crippen molar-refractivity contribution in [3.8, 4) is 0 Å². The number of hydrogen-bond acceptors (Lipinski definition) is 4. The maximum atomic E-state index is 5.38. The second-order valence-electron chi connectivity index (χ2n) is 4.29. The summed E-state index contributed by atoms with van der Waals surface area (Å²) in [6.45, 7) is 6.27. The van der Waals surface area contributed by atoms with Gasteiger partial charge in [0.2, 0.25) is 0 Å². The molecule has 2 heterocycles. The molecule has 86 valence electrons. The van der Waals surface area contributed by atoms with Crippen LogP contribution in [0.1, 0.15) is 50.0 Å². The van der Waals surface area contributed by atoms with Crippen molar-refractivity contribution in [2.45, 2.75) is 39.0 Å². The lowest BCUT2D eigenvalue weighted by atomic mass is 10.0. The quantitative estimate of drug-likeness (QED) is 0.794. The summed E-state index contributed by atoms with van der Waals surface area (Å²) in [7, 11) is 0. The Labute approximate surface area is 94.7 Å². The molecule has 0 spiro atoms. The lowest BCUT2D eigenvalue weighted by molar-refractivity contribution is 0.448. The summed E-state index contributed by atoms with van der Waals surface area (Å²) in [5.74, 6) is 2.28. The van der Waals surface area contributed by atoms with Crippen molar-refractivity contribution in [3.63, 3.8) is 0 Å². The molecule has 0 aromatic carbocycles. The van der Waals surface area contributed by atoms with Crippen LogP contribution in [-0.2, 0) is 6.42 Å². The lowest BCUT2D eigenvalue weighted by Crippen LogP contribution is -2.02. The Kier molecular flexibility index (Phi) is 3.08. The van der Waals surface area contributed by atoms with Gasteiger partial charge in [-0.3, -0.25) is 0 Å². The predicted octanol–water partition coefficient (Wildman–Crippen LogP) is 3.13. The van der Waals surface area contributed by atoms with Crippen LogP contribution < -0.4 is 0 Å². The van der Waals surface area contributed by atoms with Crippen LogP contribution in [-0.4, -0.2) is 9.97 Å². The Morgan fingerprint density at radius 3 is 2.62 bits per heavy atom. The zero-order valence-corrected chi connectivity index (χ0v) is 9.80. The number of oxazole rings is 2. The van der Waals surface area contributed by atoms with Crippen LogP contribution in [0.2, 0.25) is 0 Å². The van der Waals surface area contributed by atoms with Gasteiger partial charge in [0.05, 0.1) is 11.9 Å². The van der Waals surface area contributed by atoms with Crippen molar-refractivity contribution >= 4 is 0 Å². The van der Waals surface area contributed by atoms with Crippen LogP contribution in [0, 0.1) is 0 Å². The van der Waals surface area contributed by atoms with E-state index >= 15 is 0 Å². The summed E-state index contributed by atoms with van der Waals surface area (Å²) in [6, 6.07) is 0. The molecular weight excluding hydrogens is 204 g/mol. The minimum Gasteiger partial charge on any atom is -0.449 e. The molecule has 2 aromatic rings. The smallest absolute Gasteiger partial charge is 0.197 e. The molecule has 4 heteroatoms. The third-order valence-corrected chi connectivity index (χ3v) is 2.57. The average molecular weight is 220 g/mol. The molecule has 0 aliphatic rings. The van der Waals surface area contributed by atoms with Gasteiger partial charge >= 0.3 is 0 Å². The normalized spacial score (nSPS) is 13.2. The zero-order chi connectivity index (χ0) is 11.5. The van der Waals surface area contributed by atoms with Gasteiger partial charge in [-0.1, -0.05) is 20.8 Å². The van der Waals surface area contributed by atoms with Gasteiger partial charge in [0.1, 0.15) is 12.0 Å². The SMILES string of the molecule is CC(C)c1ocnc1CC(C)c1ncco1. The first-order valence-electron chi connectivity index (χ1n) is 5.50. The fraction of sp³-hybridized carbons (Fsp3) is 0.500. The molecule has 0 aliphatic heterocycles. The highest BCUT2D eigenvalue weighted by atomic mass is 16.3. The molecule has 0 fully saturated rings. The van der Waals surface area contributed by atoms with Gasteiger partial charge in [-0.15, -0.1) is 0 Å². The summed E-state index contributed by atoms with van der Waals surface area (Å²) >= 11 is 0. The highest BCUT2D eigenvalue weighted by molar-refractivity contribution is 5.13. The largest absolute Gasteiger partial charge is 0.449 e. The van der Waals surface area contributed by atoms with Gasteiger partial charge in [-0.25, -0.2) is 9.97 Å². The van der Waals surface area contributed by atoms with E-state index in [4.69, 9.17) is 8.83 Å². The first kappa shape index (κ1) is 10.9. The topological polar surface area (TPSA) is 52.1 Å².